The zero-order chi connectivity index (χ0) is 19.2. The Morgan fingerprint density at radius 3 is 2.74 bits per heavy atom. The summed E-state index contributed by atoms with van der Waals surface area (Å²) in [7, 11) is 0. The number of carbonyl (C=O) groups is 2. The van der Waals surface area contributed by atoms with Crippen molar-refractivity contribution in [2.45, 2.75) is 58.3 Å². The second kappa shape index (κ2) is 6.56. The predicted octanol–water partition coefficient (Wildman–Crippen LogP) is 0.782. The van der Waals surface area contributed by atoms with Crippen molar-refractivity contribution in [1.29, 1.82) is 0 Å². The molecule has 144 valence electrons. The van der Waals surface area contributed by atoms with Crippen molar-refractivity contribution in [3.8, 4) is 0 Å². The second-order valence-corrected chi connectivity index (χ2v) is 8.26. The SMILES string of the molecule is CC(C)(C)C(=O)NNC(=O)C1=NN(c2cnccn2)C2C3CCC(CC12)O3. The smallest absolute Gasteiger partial charge is 0.286 e. The van der Waals surface area contributed by atoms with Gasteiger partial charge in [0.15, 0.2) is 5.82 Å². The van der Waals surface area contributed by atoms with Gasteiger partial charge in [-0.15, -0.1) is 0 Å². The number of anilines is 1. The van der Waals surface area contributed by atoms with Gasteiger partial charge in [-0.2, -0.15) is 5.10 Å². The summed E-state index contributed by atoms with van der Waals surface area (Å²) in [6.07, 6.45) is 7.65. The summed E-state index contributed by atoms with van der Waals surface area (Å²) in [5.74, 6) is -0.133. The minimum Gasteiger partial charge on any atom is -0.373 e. The lowest BCUT2D eigenvalue weighted by atomic mass is 9.86. The van der Waals surface area contributed by atoms with Crippen molar-refractivity contribution in [3.63, 3.8) is 0 Å². The fourth-order valence-corrected chi connectivity index (χ4v) is 3.89. The number of hydrazone groups is 1. The van der Waals surface area contributed by atoms with Crippen LogP contribution in [0.1, 0.15) is 40.0 Å². The van der Waals surface area contributed by atoms with Crippen LogP contribution in [0, 0.1) is 11.3 Å². The number of hydrogen-bond donors (Lipinski definition) is 2. The summed E-state index contributed by atoms with van der Waals surface area (Å²) in [6, 6.07) is -0.0838. The molecule has 1 aromatic rings. The molecule has 0 radical (unpaired) electrons. The Labute approximate surface area is 157 Å². The van der Waals surface area contributed by atoms with E-state index in [-0.39, 0.29) is 30.1 Å². The monoisotopic (exact) mass is 372 g/mol. The van der Waals surface area contributed by atoms with Crippen molar-refractivity contribution in [1.82, 2.24) is 20.8 Å². The number of aromatic nitrogens is 2. The van der Waals surface area contributed by atoms with Gasteiger partial charge in [0.25, 0.3) is 5.91 Å². The fraction of sp³-hybridized carbons (Fsp3) is 0.611. The number of nitrogens with one attached hydrogen (secondary N) is 2. The molecule has 4 atom stereocenters. The van der Waals surface area contributed by atoms with Crippen LogP contribution >= 0.6 is 0 Å². The normalized spacial score (nSPS) is 29.1. The highest BCUT2D eigenvalue weighted by Gasteiger charge is 2.53. The van der Waals surface area contributed by atoms with Gasteiger partial charge in [0.1, 0.15) is 5.71 Å². The summed E-state index contributed by atoms with van der Waals surface area (Å²) in [4.78, 5) is 33.3. The van der Waals surface area contributed by atoms with Crippen LogP contribution in [-0.2, 0) is 14.3 Å². The van der Waals surface area contributed by atoms with Crippen molar-refractivity contribution >= 4 is 23.3 Å². The molecular formula is C18H24N6O3. The Balaban J connectivity index is 1.57. The molecule has 0 spiro atoms. The van der Waals surface area contributed by atoms with Crippen LogP contribution in [0.4, 0.5) is 5.82 Å². The zero-order valence-corrected chi connectivity index (χ0v) is 15.7. The first-order valence-electron chi connectivity index (χ1n) is 9.24. The molecule has 2 bridgehead atoms. The first-order chi connectivity index (χ1) is 12.8. The maximum atomic E-state index is 12.8. The number of fused-ring (bicyclic) bond motifs is 4. The van der Waals surface area contributed by atoms with E-state index in [1.807, 2.05) is 0 Å². The van der Waals surface area contributed by atoms with Crippen molar-refractivity contribution in [2.24, 2.45) is 16.4 Å². The molecule has 3 aliphatic rings. The van der Waals surface area contributed by atoms with Gasteiger partial charge < -0.3 is 4.74 Å². The van der Waals surface area contributed by atoms with Crippen molar-refractivity contribution < 1.29 is 14.3 Å². The van der Waals surface area contributed by atoms with Crippen LogP contribution < -0.4 is 15.9 Å². The molecule has 1 aromatic heterocycles. The molecule has 4 rings (SSSR count). The highest BCUT2D eigenvalue weighted by molar-refractivity contribution is 6.40. The number of rotatable bonds is 2. The topological polar surface area (TPSA) is 109 Å². The lowest BCUT2D eigenvalue weighted by molar-refractivity contribution is -0.132. The molecule has 2 amide bonds. The molecule has 4 unspecified atom stereocenters. The van der Waals surface area contributed by atoms with E-state index in [4.69, 9.17) is 4.74 Å². The molecule has 2 N–H and O–H groups in total. The number of hydrogen-bond acceptors (Lipinski definition) is 7. The van der Waals surface area contributed by atoms with Gasteiger partial charge in [0.05, 0.1) is 24.4 Å². The van der Waals surface area contributed by atoms with Crippen molar-refractivity contribution in [3.05, 3.63) is 18.6 Å². The third-order valence-corrected chi connectivity index (χ3v) is 5.29. The molecule has 0 aromatic carbocycles. The summed E-state index contributed by atoms with van der Waals surface area (Å²) < 4.78 is 6.07. The number of hydrazine groups is 1. The van der Waals surface area contributed by atoms with E-state index in [2.05, 4.69) is 25.9 Å². The third-order valence-electron chi connectivity index (χ3n) is 5.29. The molecule has 2 saturated heterocycles. The molecule has 4 heterocycles. The highest BCUT2D eigenvalue weighted by atomic mass is 16.5. The quantitative estimate of drug-likeness (QED) is 0.743. The molecule has 9 nitrogen and oxygen atoms in total. The van der Waals surface area contributed by atoms with Crippen LogP contribution in [0.5, 0.6) is 0 Å². The van der Waals surface area contributed by atoms with Gasteiger partial charge in [0.2, 0.25) is 5.91 Å². The highest BCUT2D eigenvalue weighted by Crippen LogP contribution is 2.43. The summed E-state index contributed by atoms with van der Waals surface area (Å²) >= 11 is 0. The molecule has 0 aliphatic carbocycles. The number of ether oxygens (including phenoxy) is 1. The molecular weight excluding hydrogens is 348 g/mol. The van der Waals surface area contributed by atoms with Gasteiger partial charge in [-0.05, 0) is 19.3 Å². The largest absolute Gasteiger partial charge is 0.373 e. The van der Waals surface area contributed by atoms with E-state index in [0.29, 0.717) is 11.5 Å². The maximum absolute atomic E-state index is 12.8. The third kappa shape index (κ3) is 3.27. The number of nitrogens with zero attached hydrogens (tertiary/aromatic N) is 4. The van der Waals surface area contributed by atoms with Crippen LogP contribution in [0.3, 0.4) is 0 Å². The molecule has 0 saturated carbocycles. The minimum absolute atomic E-state index is 0.00831. The van der Waals surface area contributed by atoms with E-state index in [9.17, 15) is 9.59 Å². The lowest BCUT2D eigenvalue weighted by Gasteiger charge is -2.35. The zero-order valence-electron chi connectivity index (χ0n) is 15.7. The van der Waals surface area contributed by atoms with E-state index >= 15 is 0 Å². The summed E-state index contributed by atoms with van der Waals surface area (Å²) in [6.45, 7) is 5.34. The van der Waals surface area contributed by atoms with E-state index in [1.165, 1.54) is 0 Å². The van der Waals surface area contributed by atoms with Gasteiger partial charge in [0, 0.05) is 23.7 Å². The maximum Gasteiger partial charge on any atom is 0.286 e. The van der Waals surface area contributed by atoms with Gasteiger partial charge in [-0.3, -0.25) is 25.4 Å². The Hall–Kier alpha value is -2.55. The number of carbonyl (C=O) groups excluding carboxylic acids is 2. The lowest BCUT2D eigenvalue weighted by Crippen LogP contribution is -2.52. The molecule has 9 heteroatoms. The van der Waals surface area contributed by atoms with Crippen LogP contribution in [-0.4, -0.2) is 45.7 Å². The average molecular weight is 372 g/mol. The summed E-state index contributed by atoms with van der Waals surface area (Å²) in [5, 5.41) is 6.32. The Morgan fingerprint density at radius 2 is 2.04 bits per heavy atom. The van der Waals surface area contributed by atoms with Gasteiger partial charge in [-0.25, -0.2) is 9.99 Å². The molecule has 2 fully saturated rings. The van der Waals surface area contributed by atoms with Crippen LogP contribution in [0.25, 0.3) is 0 Å². The van der Waals surface area contributed by atoms with Crippen LogP contribution in [0.15, 0.2) is 23.7 Å². The average Bonchev–Trinajstić information content (AvgIpc) is 3.21. The van der Waals surface area contributed by atoms with E-state index in [0.717, 1.165) is 19.3 Å². The van der Waals surface area contributed by atoms with Gasteiger partial charge in [-0.1, -0.05) is 20.8 Å². The summed E-state index contributed by atoms with van der Waals surface area (Å²) in [5.41, 5.74) is 4.81. The van der Waals surface area contributed by atoms with Crippen LogP contribution in [0.2, 0.25) is 0 Å². The van der Waals surface area contributed by atoms with E-state index < -0.39 is 11.3 Å². The van der Waals surface area contributed by atoms with E-state index in [1.54, 1.807) is 44.4 Å². The first-order valence-corrected chi connectivity index (χ1v) is 9.24. The Kier molecular flexibility index (Phi) is 4.33. The van der Waals surface area contributed by atoms with Crippen molar-refractivity contribution in [2.75, 3.05) is 5.01 Å². The second-order valence-electron chi connectivity index (χ2n) is 8.26. The molecule has 3 aliphatic heterocycles. The fourth-order valence-electron chi connectivity index (χ4n) is 3.89. The van der Waals surface area contributed by atoms with Gasteiger partial charge >= 0.3 is 0 Å². The Morgan fingerprint density at radius 1 is 1.22 bits per heavy atom. The minimum atomic E-state index is -0.600. The number of amides is 2. The standard InChI is InChI=1S/C18H24N6O3/c1-18(2,3)17(26)22-21-16(25)14-11-8-10-4-5-12(27-10)15(11)24(23-14)13-9-19-6-7-20-13/h6-7,9-12,15H,4-5,8H2,1-3H3,(H,21,25)(H,22,26). The predicted molar refractivity (Wildman–Crippen MR) is 97.5 cm³/mol. The first kappa shape index (κ1) is 17.8. The molecule has 27 heavy (non-hydrogen) atoms. The Bertz CT molecular complexity index is 775.